The molecule has 2 aliphatic rings. The van der Waals surface area contributed by atoms with E-state index in [1.165, 1.54) is 24.9 Å². The molecule has 0 amide bonds. The van der Waals surface area contributed by atoms with Crippen LogP contribution in [0.3, 0.4) is 0 Å². The highest BCUT2D eigenvalue weighted by atomic mass is 19.1. The first kappa shape index (κ1) is 23.7. The zero-order valence-corrected chi connectivity index (χ0v) is 20.7. The van der Waals surface area contributed by atoms with Gasteiger partial charge in [-0.05, 0) is 55.9 Å². The Bertz CT molecular complexity index is 1420. The summed E-state index contributed by atoms with van der Waals surface area (Å²) in [6, 6.07) is 8.49. The Labute approximate surface area is 214 Å². The fraction of sp³-hybridized carbons (Fsp3) is 0.407. The molecule has 37 heavy (non-hydrogen) atoms. The Morgan fingerprint density at radius 3 is 2.81 bits per heavy atom. The van der Waals surface area contributed by atoms with E-state index in [-0.39, 0.29) is 5.82 Å². The summed E-state index contributed by atoms with van der Waals surface area (Å²) in [5.41, 5.74) is 17.1. The first-order valence-corrected chi connectivity index (χ1v) is 12.8. The third kappa shape index (κ3) is 4.86. The molecule has 4 N–H and O–H groups in total. The second-order valence-electron chi connectivity index (χ2n) is 10.3. The summed E-state index contributed by atoms with van der Waals surface area (Å²) in [7, 11) is 0. The number of rotatable bonds is 7. The number of nitrogen functional groups attached to an aromatic ring is 1. The van der Waals surface area contributed by atoms with Crippen LogP contribution < -0.4 is 16.4 Å². The van der Waals surface area contributed by atoms with E-state index in [0.29, 0.717) is 48.5 Å². The van der Waals surface area contributed by atoms with Crippen LogP contribution in [0.15, 0.2) is 49.2 Å². The lowest BCUT2D eigenvalue weighted by atomic mass is 9.89. The SMILES string of the molecule is Nc1ncnc2c1ncn2Cc1cc(-c2cccc(F)c2)ncc1N1CCC[C@](N)(COC2CCC2)C1. The number of imidazole rings is 1. The molecule has 1 saturated heterocycles. The van der Waals surface area contributed by atoms with E-state index in [2.05, 4.69) is 19.9 Å². The van der Waals surface area contributed by atoms with Crippen LogP contribution in [0.2, 0.25) is 0 Å². The van der Waals surface area contributed by atoms with Crippen molar-refractivity contribution in [2.75, 3.05) is 30.3 Å². The molecule has 0 unspecified atom stereocenters. The van der Waals surface area contributed by atoms with Crippen molar-refractivity contribution < 1.29 is 9.13 Å². The van der Waals surface area contributed by atoms with Crippen LogP contribution in [0.4, 0.5) is 15.9 Å². The Hall–Kier alpha value is -3.63. The molecular formula is C27H31FN8O. The Kier molecular flexibility index (Phi) is 6.21. The minimum Gasteiger partial charge on any atom is -0.382 e. The van der Waals surface area contributed by atoms with Gasteiger partial charge in [0.2, 0.25) is 0 Å². The second-order valence-corrected chi connectivity index (χ2v) is 10.3. The van der Waals surface area contributed by atoms with Crippen molar-refractivity contribution in [2.24, 2.45) is 5.73 Å². The van der Waals surface area contributed by atoms with Crippen LogP contribution in [-0.2, 0) is 11.3 Å². The number of halogens is 1. The lowest BCUT2D eigenvalue weighted by Gasteiger charge is -2.43. The molecule has 9 nitrogen and oxygen atoms in total. The van der Waals surface area contributed by atoms with E-state index < -0.39 is 5.54 Å². The van der Waals surface area contributed by atoms with Crippen LogP contribution >= 0.6 is 0 Å². The Morgan fingerprint density at radius 2 is 2.00 bits per heavy atom. The summed E-state index contributed by atoms with van der Waals surface area (Å²) in [4.78, 5) is 19.9. The molecule has 192 valence electrons. The number of ether oxygens (including phenoxy) is 1. The van der Waals surface area contributed by atoms with Crippen LogP contribution in [0, 0.1) is 5.82 Å². The third-order valence-corrected chi connectivity index (χ3v) is 7.46. The van der Waals surface area contributed by atoms with E-state index in [4.69, 9.17) is 21.2 Å². The van der Waals surface area contributed by atoms with Gasteiger partial charge in [-0.25, -0.2) is 19.3 Å². The number of piperidine rings is 1. The Balaban J connectivity index is 1.35. The van der Waals surface area contributed by atoms with Crippen molar-refractivity contribution in [3.63, 3.8) is 0 Å². The highest BCUT2D eigenvalue weighted by Crippen LogP contribution is 2.32. The minimum atomic E-state index is -0.421. The first-order chi connectivity index (χ1) is 18.0. The van der Waals surface area contributed by atoms with E-state index in [1.807, 2.05) is 22.9 Å². The van der Waals surface area contributed by atoms with Crippen molar-refractivity contribution in [1.82, 2.24) is 24.5 Å². The molecule has 3 aromatic heterocycles. The molecule has 1 saturated carbocycles. The number of fused-ring (bicyclic) bond motifs is 1. The maximum Gasteiger partial charge on any atom is 0.165 e. The van der Waals surface area contributed by atoms with Gasteiger partial charge in [0, 0.05) is 18.7 Å². The largest absolute Gasteiger partial charge is 0.382 e. The fourth-order valence-corrected chi connectivity index (χ4v) is 5.21. The minimum absolute atomic E-state index is 0.298. The molecule has 10 heteroatoms. The molecule has 4 aromatic rings. The van der Waals surface area contributed by atoms with Gasteiger partial charge in [0.25, 0.3) is 0 Å². The summed E-state index contributed by atoms with van der Waals surface area (Å²) in [6.07, 6.45) is 10.8. The van der Waals surface area contributed by atoms with E-state index in [0.717, 1.165) is 49.0 Å². The number of anilines is 2. The van der Waals surface area contributed by atoms with E-state index in [9.17, 15) is 4.39 Å². The Morgan fingerprint density at radius 1 is 1.11 bits per heavy atom. The molecule has 1 aliphatic carbocycles. The molecule has 2 fully saturated rings. The lowest BCUT2D eigenvalue weighted by molar-refractivity contribution is -0.0249. The topological polar surface area (TPSA) is 121 Å². The average molecular weight is 503 g/mol. The van der Waals surface area contributed by atoms with Crippen LogP contribution in [0.5, 0.6) is 0 Å². The normalized spacial score (nSPS) is 20.3. The molecule has 0 spiro atoms. The van der Waals surface area contributed by atoms with Crippen molar-refractivity contribution in [1.29, 1.82) is 0 Å². The number of benzene rings is 1. The molecule has 1 aromatic carbocycles. The van der Waals surface area contributed by atoms with Crippen molar-refractivity contribution in [3.8, 4) is 11.3 Å². The van der Waals surface area contributed by atoms with Crippen LogP contribution in [-0.4, -0.2) is 55.8 Å². The van der Waals surface area contributed by atoms with Crippen molar-refractivity contribution >= 4 is 22.7 Å². The predicted molar refractivity (Wildman–Crippen MR) is 140 cm³/mol. The molecular weight excluding hydrogens is 471 g/mol. The number of nitrogens with zero attached hydrogens (tertiary/aromatic N) is 6. The van der Waals surface area contributed by atoms with E-state index >= 15 is 0 Å². The molecule has 1 atom stereocenters. The summed E-state index contributed by atoms with van der Waals surface area (Å²) in [5.74, 6) is 0.0441. The van der Waals surface area contributed by atoms with Gasteiger partial charge in [-0.1, -0.05) is 12.1 Å². The zero-order chi connectivity index (χ0) is 25.4. The summed E-state index contributed by atoms with van der Waals surface area (Å²) >= 11 is 0. The maximum atomic E-state index is 14.0. The molecule has 1 aliphatic heterocycles. The highest BCUT2D eigenvalue weighted by molar-refractivity contribution is 5.81. The number of nitrogens with two attached hydrogens (primary N) is 2. The van der Waals surface area contributed by atoms with Crippen molar-refractivity contribution in [2.45, 2.75) is 50.3 Å². The lowest BCUT2D eigenvalue weighted by Crippen LogP contribution is -2.58. The maximum absolute atomic E-state index is 14.0. The number of hydrogen-bond donors (Lipinski definition) is 2. The second kappa shape index (κ2) is 9.68. The van der Waals surface area contributed by atoms with Gasteiger partial charge in [-0.3, -0.25) is 4.98 Å². The molecule has 0 radical (unpaired) electrons. The summed E-state index contributed by atoms with van der Waals surface area (Å²) in [5, 5.41) is 0. The number of aromatic nitrogens is 5. The van der Waals surface area contributed by atoms with Crippen LogP contribution in [0.1, 0.15) is 37.7 Å². The van der Waals surface area contributed by atoms with Gasteiger partial charge in [0.05, 0.1) is 48.7 Å². The smallest absolute Gasteiger partial charge is 0.165 e. The van der Waals surface area contributed by atoms with Gasteiger partial charge < -0.3 is 25.7 Å². The highest BCUT2D eigenvalue weighted by Gasteiger charge is 2.34. The summed E-state index contributed by atoms with van der Waals surface area (Å²) in [6.45, 7) is 2.59. The third-order valence-electron chi connectivity index (χ3n) is 7.46. The van der Waals surface area contributed by atoms with Crippen molar-refractivity contribution in [3.05, 3.63) is 60.6 Å². The molecule has 4 heterocycles. The predicted octanol–water partition coefficient (Wildman–Crippen LogP) is 3.52. The standard InChI is InChI=1S/C27H31FN8O/c28-20-5-1-4-18(10-20)22-11-19(13-36-17-34-24-25(29)32-16-33-26(24)36)23(12-31-22)35-9-3-8-27(30,14-35)15-37-21-6-2-7-21/h1,4-5,10-12,16-17,21H,2-3,6-9,13-15,30H2,(H2,29,32,33)/t27-/m1/s1. The fourth-order valence-electron chi connectivity index (χ4n) is 5.21. The molecule has 6 rings (SSSR count). The molecule has 0 bridgehead atoms. The van der Waals surface area contributed by atoms with Gasteiger partial charge in [-0.2, -0.15) is 0 Å². The van der Waals surface area contributed by atoms with Gasteiger partial charge in [-0.15, -0.1) is 0 Å². The first-order valence-electron chi connectivity index (χ1n) is 12.8. The number of hydrogen-bond acceptors (Lipinski definition) is 8. The average Bonchev–Trinajstić information content (AvgIpc) is 3.27. The monoisotopic (exact) mass is 502 g/mol. The summed E-state index contributed by atoms with van der Waals surface area (Å²) < 4.78 is 22.1. The van der Waals surface area contributed by atoms with E-state index in [1.54, 1.807) is 12.4 Å². The van der Waals surface area contributed by atoms with Gasteiger partial charge in [0.15, 0.2) is 11.5 Å². The zero-order valence-electron chi connectivity index (χ0n) is 20.7. The quantitative estimate of drug-likeness (QED) is 0.394. The number of pyridine rings is 1. The van der Waals surface area contributed by atoms with Gasteiger partial charge >= 0.3 is 0 Å². The van der Waals surface area contributed by atoms with Crippen LogP contribution in [0.25, 0.3) is 22.4 Å². The van der Waals surface area contributed by atoms with Gasteiger partial charge in [0.1, 0.15) is 17.7 Å².